The topological polar surface area (TPSA) is 42.5 Å². The van der Waals surface area contributed by atoms with Crippen LogP contribution in [0.5, 0.6) is 11.5 Å². The molecule has 1 aromatic carbocycles. The van der Waals surface area contributed by atoms with Crippen molar-refractivity contribution in [1.82, 2.24) is 10.6 Å². The zero-order valence-corrected chi connectivity index (χ0v) is 10.5. The first-order valence-electron chi connectivity index (χ1n) is 6.10. The third-order valence-electron chi connectivity index (χ3n) is 2.93. The number of rotatable bonds is 4. The Labute approximate surface area is 102 Å². The van der Waals surface area contributed by atoms with Crippen LogP contribution in [0.15, 0.2) is 18.2 Å². The quantitative estimate of drug-likeness (QED) is 0.827. The van der Waals surface area contributed by atoms with Gasteiger partial charge in [0.25, 0.3) is 0 Å². The molecular weight excluding hydrogens is 216 g/mol. The first-order valence-corrected chi connectivity index (χ1v) is 6.10. The van der Waals surface area contributed by atoms with Gasteiger partial charge in [0.1, 0.15) is 0 Å². The van der Waals surface area contributed by atoms with Crippen molar-refractivity contribution in [3.05, 3.63) is 23.8 Å². The fourth-order valence-electron chi connectivity index (χ4n) is 2.06. The van der Waals surface area contributed by atoms with Crippen LogP contribution in [0.4, 0.5) is 0 Å². The lowest BCUT2D eigenvalue weighted by atomic mass is 10.0. The maximum atomic E-state index is 5.51. The van der Waals surface area contributed by atoms with Gasteiger partial charge in [-0.3, -0.25) is 0 Å². The van der Waals surface area contributed by atoms with Crippen LogP contribution in [0.3, 0.4) is 0 Å². The van der Waals surface area contributed by atoms with E-state index < -0.39 is 0 Å². The van der Waals surface area contributed by atoms with Gasteiger partial charge in [0.15, 0.2) is 11.5 Å². The van der Waals surface area contributed by atoms with Crippen LogP contribution in [-0.2, 0) is 0 Å². The molecule has 0 amide bonds. The van der Waals surface area contributed by atoms with Crippen molar-refractivity contribution in [1.29, 1.82) is 0 Å². The van der Waals surface area contributed by atoms with E-state index in [1.54, 1.807) is 7.11 Å². The number of hydrogen-bond donors (Lipinski definition) is 2. The lowest BCUT2D eigenvalue weighted by molar-refractivity contribution is 0.310. The van der Waals surface area contributed by atoms with Gasteiger partial charge in [0, 0.05) is 25.7 Å². The van der Waals surface area contributed by atoms with Gasteiger partial charge in [-0.15, -0.1) is 0 Å². The molecule has 1 atom stereocenters. The van der Waals surface area contributed by atoms with E-state index in [9.17, 15) is 0 Å². The van der Waals surface area contributed by atoms with E-state index in [0.29, 0.717) is 12.6 Å². The molecule has 17 heavy (non-hydrogen) atoms. The molecule has 1 aromatic rings. The summed E-state index contributed by atoms with van der Waals surface area (Å²) in [5.74, 6) is 1.61. The Hall–Kier alpha value is -1.26. The van der Waals surface area contributed by atoms with Crippen molar-refractivity contribution in [3.8, 4) is 11.5 Å². The molecule has 1 saturated heterocycles. The van der Waals surface area contributed by atoms with Crippen LogP contribution in [-0.4, -0.2) is 33.4 Å². The van der Waals surface area contributed by atoms with Gasteiger partial charge >= 0.3 is 0 Å². The number of methoxy groups -OCH3 is 1. The number of benzene rings is 1. The van der Waals surface area contributed by atoms with Crippen molar-refractivity contribution in [2.75, 3.05) is 33.4 Å². The van der Waals surface area contributed by atoms with Gasteiger partial charge < -0.3 is 20.1 Å². The Morgan fingerprint density at radius 3 is 2.82 bits per heavy atom. The second-order valence-corrected chi connectivity index (χ2v) is 4.05. The minimum atomic E-state index is 0.355. The molecule has 1 fully saturated rings. The first-order chi connectivity index (χ1) is 8.35. The minimum Gasteiger partial charge on any atom is -0.493 e. The van der Waals surface area contributed by atoms with Gasteiger partial charge in [-0.1, -0.05) is 6.07 Å². The van der Waals surface area contributed by atoms with Crippen molar-refractivity contribution >= 4 is 0 Å². The van der Waals surface area contributed by atoms with Crippen LogP contribution in [0.2, 0.25) is 0 Å². The largest absolute Gasteiger partial charge is 0.493 e. The van der Waals surface area contributed by atoms with E-state index in [1.807, 2.05) is 13.0 Å². The highest BCUT2D eigenvalue weighted by molar-refractivity contribution is 5.44. The second-order valence-electron chi connectivity index (χ2n) is 4.05. The molecule has 0 radical (unpaired) electrons. The zero-order chi connectivity index (χ0) is 12.1. The van der Waals surface area contributed by atoms with Crippen LogP contribution in [0, 0.1) is 0 Å². The van der Waals surface area contributed by atoms with Crippen LogP contribution in [0.1, 0.15) is 18.5 Å². The highest BCUT2D eigenvalue weighted by Gasteiger charge is 2.16. The number of piperazine rings is 1. The predicted molar refractivity (Wildman–Crippen MR) is 67.8 cm³/mol. The van der Waals surface area contributed by atoms with Crippen molar-refractivity contribution in [2.24, 2.45) is 0 Å². The second kappa shape index (κ2) is 5.89. The summed E-state index contributed by atoms with van der Waals surface area (Å²) < 4.78 is 10.9. The van der Waals surface area contributed by atoms with E-state index in [4.69, 9.17) is 9.47 Å². The molecule has 94 valence electrons. The van der Waals surface area contributed by atoms with Crippen molar-refractivity contribution in [2.45, 2.75) is 13.0 Å². The summed E-state index contributed by atoms with van der Waals surface area (Å²) in [5, 5.41) is 6.86. The minimum absolute atomic E-state index is 0.355. The Bertz CT molecular complexity index is 362. The summed E-state index contributed by atoms with van der Waals surface area (Å²) in [6.45, 7) is 5.61. The molecule has 4 nitrogen and oxygen atoms in total. The summed E-state index contributed by atoms with van der Waals surface area (Å²) in [4.78, 5) is 0. The first kappa shape index (κ1) is 12.2. The van der Waals surface area contributed by atoms with E-state index in [0.717, 1.165) is 31.1 Å². The highest BCUT2D eigenvalue weighted by atomic mass is 16.5. The standard InChI is InChI=1S/C13H20N2O2/c1-3-17-12-5-4-10(8-13(12)16-2)11-9-14-6-7-15-11/h4-5,8,11,14-15H,3,6-7,9H2,1-2H3/t11-/m1/s1. The highest BCUT2D eigenvalue weighted by Crippen LogP contribution is 2.30. The number of hydrogen-bond acceptors (Lipinski definition) is 4. The Morgan fingerprint density at radius 1 is 1.29 bits per heavy atom. The number of ether oxygens (including phenoxy) is 2. The predicted octanol–water partition coefficient (Wildman–Crippen LogP) is 1.33. The van der Waals surface area contributed by atoms with Crippen molar-refractivity contribution in [3.63, 3.8) is 0 Å². The van der Waals surface area contributed by atoms with E-state index in [1.165, 1.54) is 5.56 Å². The molecule has 0 unspecified atom stereocenters. The summed E-state index contributed by atoms with van der Waals surface area (Å²) in [5.41, 5.74) is 1.23. The van der Waals surface area contributed by atoms with E-state index in [2.05, 4.69) is 22.8 Å². The third kappa shape index (κ3) is 2.90. The number of nitrogens with one attached hydrogen (secondary N) is 2. The molecule has 0 saturated carbocycles. The lowest BCUT2D eigenvalue weighted by Gasteiger charge is -2.25. The Morgan fingerprint density at radius 2 is 2.18 bits per heavy atom. The molecular formula is C13H20N2O2. The summed E-state index contributed by atoms with van der Waals surface area (Å²) in [6.07, 6.45) is 0. The van der Waals surface area contributed by atoms with Gasteiger partial charge in [0.2, 0.25) is 0 Å². The molecule has 4 heteroatoms. The maximum Gasteiger partial charge on any atom is 0.161 e. The summed E-state index contributed by atoms with van der Waals surface area (Å²) in [6, 6.07) is 6.48. The van der Waals surface area contributed by atoms with Crippen LogP contribution < -0.4 is 20.1 Å². The van der Waals surface area contributed by atoms with Gasteiger partial charge in [-0.25, -0.2) is 0 Å². The Balaban J connectivity index is 2.17. The molecule has 1 aliphatic heterocycles. The van der Waals surface area contributed by atoms with Crippen molar-refractivity contribution < 1.29 is 9.47 Å². The molecule has 2 N–H and O–H groups in total. The summed E-state index contributed by atoms with van der Waals surface area (Å²) in [7, 11) is 1.67. The van der Waals surface area contributed by atoms with Crippen LogP contribution in [0.25, 0.3) is 0 Å². The molecule has 1 heterocycles. The molecule has 0 spiro atoms. The smallest absolute Gasteiger partial charge is 0.161 e. The third-order valence-corrected chi connectivity index (χ3v) is 2.93. The van der Waals surface area contributed by atoms with E-state index in [-0.39, 0.29) is 0 Å². The summed E-state index contributed by atoms with van der Waals surface area (Å²) >= 11 is 0. The fraction of sp³-hybridized carbons (Fsp3) is 0.538. The molecule has 1 aliphatic rings. The average molecular weight is 236 g/mol. The SMILES string of the molecule is CCOc1ccc([C@H]2CNCCN2)cc1OC. The molecule has 0 bridgehead atoms. The maximum absolute atomic E-state index is 5.51. The zero-order valence-electron chi connectivity index (χ0n) is 10.5. The monoisotopic (exact) mass is 236 g/mol. The normalized spacial score (nSPS) is 20.0. The molecule has 0 aliphatic carbocycles. The van der Waals surface area contributed by atoms with Crippen LogP contribution >= 0.6 is 0 Å². The molecule has 2 rings (SSSR count). The Kier molecular flexibility index (Phi) is 4.23. The lowest BCUT2D eigenvalue weighted by Crippen LogP contribution is -2.42. The van der Waals surface area contributed by atoms with Gasteiger partial charge in [0.05, 0.1) is 13.7 Å². The molecule has 0 aromatic heterocycles. The average Bonchev–Trinajstić information content (AvgIpc) is 2.40. The fourth-order valence-corrected chi connectivity index (χ4v) is 2.06. The van der Waals surface area contributed by atoms with Gasteiger partial charge in [-0.2, -0.15) is 0 Å². The van der Waals surface area contributed by atoms with E-state index >= 15 is 0 Å². The van der Waals surface area contributed by atoms with Gasteiger partial charge in [-0.05, 0) is 24.6 Å².